The zero-order valence-electron chi connectivity index (χ0n) is 23.4. The zero-order valence-corrected chi connectivity index (χ0v) is 24.2. The molecule has 1 aliphatic heterocycles. The number of aliphatic hydroxyl groups is 2. The third-order valence-corrected chi connectivity index (χ3v) is 8.15. The Morgan fingerprint density at radius 1 is 0.881 bits per heavy atom. The normalized spacial score (nSPS) is 18.4. The van der Waals surface area contributed by atoms with Crippen LogP contribution in [-0.2, 0) is 32.2 Å². The van der Waals surface area contributed by atoms with Gasteiger partial charge in [0.05, 0.1) is 25.4 Å². The number of carbonyl (C=O) groups is 2. The van der Waals surface area contributed by atoms with E-state index >= 15 is 0 Å². The van der Waals surface area contributed by atoms with E-state index in [4.69, 9.17) is 14.7 Å². The number of benzene rings is 3. The molecule has 3 aromatic carbocycles. The Bertz CT molecular complexity index is 1290. The standard InChI is InChI=1S/C32H38N2O7S/c35-16-17-42-21-27-18-29(24-10-8-22(20-36)9-11-24)41-32(40-27)25-14-12-23(13-15-25)28-5-2-1-4-26(28)19-33-30(37)6-3-7-31(38)34-39/h1-2,4-5,8-15,27,29,32,35-36,39H,3,6-7,16-21H2,(H,33,37)(H,34,38)/t27-,29+,32+/m1/s1. The average Bonchev–Trinajstić information content (AvgIpc) is 3.04. The predicted octanol–water partition coefficient (Wildman–Crippen LogP) is 4.41. The summed E-state index contributed by atoms with van der Waals surface area (Å²) in [6.45, 7) is 0.465. The van der Waals surface area contributed by atoms with Crippen molar-refractivity contribution in [1.29, 1.82) is 0 Å². The van der Waals surface area contributed by atoms with Crippen LogP contribution in [0.25, 0.3) is 11.1 Å². The molecule has 9 nitrogen and oxygen atoms in total. The molecule has 1 aliphatic rings. The van der Waals surface area contributed by atoms with Crippen LogP contribution in [0.1, 0.15) is 60.3 Å². The quantitative estimate of drug-likeness (QED) is 0.105. The van der Waals surface area contributed by atoms with Gasteiger partial charge in [0.1, 0.15) is 0 Å². The summed E-state index contributed by atoms with van der Waals surface area (Å²) < 4.78 is 12.8. The van der Waals surface area contributed by atoms with E-state index in [0.717, 1.165) is 39.1 Å². The van der Waals surface area contributed by atoms with Crippen molar-refractivity contribution in [2.24, 2.45) is 0 Å². The smallest absolute Gasteiger partial charge is 0.243 e. The molecule has 1 fully saturated rings. The minimum Gasteiger partial charge on any atom is -0.396 e. The van der Waals surface area contributed by atoms with Gasteiger partial charge in [0.25, 0.3) is 0 Å². The molecule has 5 N–H and O–H groups in total. The highest BCUT2D eigenvalue weighted by atomic mass is 32.2. The van der Waals surface area contributed by atoms with E-state index in [1.54, 1.807) is 17.2 Å². The van der Waals surface area contributed by atoms with Crippen molar-refractivity contribution in [1.82, 2.24) is 10.8 Å². The molecular weight excluding hydrogens is 556 g/mol. The summed E-state index contributed by atoms with van der Waals surface area (Å²) in [4.78, 5) is 23.4. The highest BCUT2D eigenvalue weighted by molar-refractivity contribution is 7.99. The van der Waals surface area contributed by atoms with Crippen molar-refractivity contribution in [3.63, 3.8) is 0 Å². The maximum Gasteiger partial charge on any atom is 0.243 e. The molecule has 3 atom stereocenters. The SMILES string of the molecule is O=C(CCCC(=O)NCc1ccccc1-c1ccc([C@H]2O[C@@H](CSCCO)C[C@@H](c3ccc(CO)cc3)O2)cc1)NO. The Hall–Kier alpha value is -3.25. The van der Waals surface area contributed by atoms with Gasteiger partial charge in [-0.2, -0.15) is 11.8 Å². The fourth-order valence-electron chi connectivity index (χ4n) is 4.83. The second-order valence-corrected chi connectivity index (χ2v) is 11.2. The van der Waals surface area contributed by atoms with Crippen molar-refractivity contribution in [2.45, 2.75) is 57.3 Å². The van der Waals surface area contributed by atoms with E-state index in [9.17, 15) is 19.8 Å². The monoisotopic (exact) mass is 594 g/mol. The second-order valence-electron chi connectivity index (χ2n) is 10.1. The van der Waals surface area contributed by atoms with E-state index in [1.165, 1.54) is 0 Å². The summed E-state index contributed by atoms with van der Waals surface area (Å²) in [5.41, 5.74) is 7.29. The van der Waals surface area contributed by atoms with Gasteiger partial charge in [-0.3, -0.25) is 14.8 Å². The van der Waals surface area contributed by atoms with E-state index in [1.807, 2.05) is 72.8 Å². The molecule has 0 saturated carbocycles. The van der Waals surface area contributed by atoms with Crippen LogP contribution in [0.5, 0.6) is 0 Å². The highest BCUT2D eigenvalue weighted by Gasteiger charge is 2.32. The van der Waals surface area contributed by atoms with Gasteiger partial charge in [0, 0.05) is 42.9 Å². The van der Waals surface area contributed by atoms with Crippen LogP contribution in [0.15, 0.2) is 72.8 Å². The predicted molar refractivity (Wildman–Crippen MR) is 160 cm³/mol. The number of hydrogen-bond acceptors (Lipinski definition) is 8. The zero-order chi connectivity index (χ0) is 29.7. The van der Waals surface area contributed by atoms with Gasteiger partial charge in [-0.15, -0.1) is 0 Å². The number of carbonyl (C=O) groups excluding carboxylic acids is 2. The summed E-state index contributed by atoms with van der Waals surface area (Å²) in [6, 6.07) is 23.7. The number of ether oxygens (including phenoxy) is 2. The minimum atomic E-state index is -0.558. The summed E-state index contributed by atoms with van der Waals surface area (Å²) in [5.74, 6) is 0.724. The van der Waals surface area contributed by atoms with Gasteiger partial charge in [-0.1, -0.05) is 72.8 Å². The lowest BCUT2D eigenvalue weighted by molar-refractivity contribution is -0.245. The second kappa shape index (κ2) is 16.4. The average molecular weight is 595 g/mol. The van der Waals surface area contributed by atoms with Crippen LogP contribution >= 0.6 is 11.8 Å². The van der Waals surface area contributed by atoms with Gasteiger partial charge in [0.2, 0.25) is 11.8 Å². The molecular formula is C32H38N2O7S. The summed E-state index contributed by atoms with van der Waals surface area (Å²) in [5, 5.41) is 30.1. The fraction of sp³-hybridized carbons (Fsp3) is 0.375. The molecule has 2 amide bonds. The Balaban J connectivity index is 1.44. The third kappa shape index (κ3) is 9.12. The molecule has 0 unspecified atom stereocenters. The van der Waals surface area contributed by atoms with Crippen LogP contribution in [0.4, 0.5) is 0 Å². The van der Waals surface area contributed by atoms with Crippen LogP contribution < -0.4 is 10.8 Å². The number of hydrogen-bond donors (Lipinski definition) is 5. The molecule has 1 saturated heterocycles. The van der Waals surface area contributed by atoms with E-state index in [0.29, 0.717) is 25.1 Å². The molecule has 0 aliphatic carbocycles. The molecule has 42 heavy (non-hydrogen) atoms. The molecule has 224 valence electrons. The first kappa shape index (κ1) is 31.7. The molecule has 3 aromatic rings. The molecule has 0 bridgehead atoms. The third-order valence-electron chi connectivity index (χ3n) is 7.07. The fourth-order valence-corrected chi connectivity index (χ4v) is 5.60. The molecule has 0 aromatic heterocycles. The molecule has 0 spiro atoms. The lowest BCUT2D eigenvalue weighted by Crippen LogP contribution is -2.31. The van der Waals surface area contributed by atoms with Crippen LogP contribution in [-0.4, -0.2) is 51.5 Å². The summed E-state index contributed by atoms with van der Waals surface area (Å²) in [7, 11) is 0. The first-order chi connectivity index (χ1) is 20.5. The number of nitrogens with one attached hydrogen (secondary N) is 2. The van der Waals surface area contributed by atoms with Crippen LogP contribution in [0, 0.1) is 0 Å². The molecule has 1 heterocycles. The topological polar surface area (TPSA) is 137 Å². The molecule has 0 radical (unpaired) electrons. The van der Waals surface area contributed by atoms with Gasteiger partial charge in [-0.05, 0) is 34.2 Å². The largest absolute Gasteiger partial charge is 0.396 e. The highest BCUT2D eigenvalue weighted by Crippen LogP contribution is 2.39. The van der Waals surface area contributed by atoms with Crippen molar-refractivity contribution in [3.8, 4) is 11.1 Å². The number of aliphatic hydroxyl groups excluding tert-OH is 2. The van der Waals surface area contributed by atoms with Crippen LogP contribution in [0.3, 0.4) is 0 Å². The number of amides is 2. The van der Waals surface area contributed by atoms with Gasteiger partial charge in [0.15, 0.2) is 6.29 Å². The Morgan fingerprint density at radius 2 is 1.60 bits per heavy atom. The first-order valence-corrected chi connectivity index (χ1v) is 15.2. The Morgan fingerprint density at radius 3 is 2.31 bits per heavy atom. The summed E-state index contributed by atoms with van der Waals surface area (Å²) in [6.07, 6.45) is 0.542. The number of rotatable bonds is 14. The van der Waals surface area contributed by atoms with Crippen molar-refractivity contribution in [2.75, 3.05) is 18.1 Å². The van der Waals surface area contributed by atoms with Crippen LogP contribution in [0.2, 0.25) is 0 Å². The maximum atomic E-state index is 12.3. The minimum absolute atomic E-state index is 0.00861. The lowest BCUT2D eigenvalue weighted by atomic mass is 9.97. The maximum absolute atomic E-state index is 12.3. The van der Waals surface area contributed by atoms with Crippen molar-refractivity contribution in [3.05, 3.63) is 95.1 Å². The van der Waals surface area contributed by atoms with Gasteiger partial charge >= 0.3 is 0 Å². The van der Waals surface area contributed by atoms with Crippen molar-refractivity contribution < 1.29 is 34.5 Å². The number of thioether (sulfide) groups is 1. The van der Waals surface area contributed by atoms with Gasteiger partial charge in [-0.25, -0.2) is 5.48 Å². The number of hydroxylamine groups is 1. The lowest BCUT2D eigenvalue weighted by Gasteiger charge is -2.36. The van der Waals surface area contributed by atoms with E-state index in [2.05, 4.69) is 5.32 Å². The Kier molecular flexibility index (Phi) is 12.4. The van der Waals surface area contributed by atoms with E-state index < -0.39 is 12.2 Å². The van der Waals surface area contributed by atoms with Crippen molar-refractivity contribution >= 4 is 23.6 Å². The Labute approximate surface area is 250 Å². The van der Waals surface area contributed by atoms with E-state index in [-0.39, 0.29) is 44.2 Å². The van der Waals surface area contributed by atoms with Gasteiger partial charge < -0.3 is 25.0 Å². The molecule has 10 heteroatoms. The summed E-state index contributed by atoms with van der Waals surface area (Å²) >= 11 is 1.65. The first-order valence-electron chi connectivity index (χ1n) is 14.1. The molecule has 4 rings (SSSR count).